The maximum atomic E-state index is 12.5. The largest absolute Gasteiger partial charge is 0.466 e. The smallest absolute Gasteiger partial charge is 0.310 e. The summed E-state index contributed by atoms with van der Waals surface area (Å²) in [6.07, 6.45) is -2.99. The lowest BCUT2D eigenvalue weighted by Crippen LogP contribution is -2.09. The van der Waals surface area contributed by atoms with Crippen LogP contribution in [0.5, 0.6) is 0 Å². The second kappa shape index (κ2) is 6.12. The van der Waals surface area contributed by atoms with Crippen molar-refractivity contribution in [3.63, 3.8) is 0 Å². The first-order chi connectivity index (χ1) is 7.95. The number of aromatic nitrogens is 1. The summed E-state index contributed by atoms with van der Waals surface area (Å²) in [6, 6.07) is 1.05. The van der Waals surface area contributed by atoms with E-state index in [0.29, 0.717) is 0 Å². The molecule has 0 aliphatic rings. The lowest BCUT2D eigenvalue weighted by molar-refractivity contribution is -0.142. The van der Waals surface area contributed by atoms with E-state index < -0.39 is 18.1 Å². The molecule has 1 heterocycles. The van der Waals surface area contributed by atoms with Crippen LogP contribution in [-0.4, -0.2) is 17.6 Å². The minimum atomic E-state index is -2.77. The molecular weight excluding hydrogens is 275 g/mol. The standard InChI is InChI=1S/C10H9Cl2F2NO2/c1-2-17-7(16)4-5-3-6(10(13)14)15-9(12)8(5)11/h3,10H,2,4H2,1H3. The van der Waals surface area contributed by atoms with E-state index in [1.165, 1.54) is 0 Å². The summed E-state index contributed by atoms with van der Waals surface area (Å²) >= 11 is 11.4. The SMILES string of the molecule is CCOC(=O)Cc1cc(C(F)F)nc(Cl)c1Cl. The summed E-state index contributed by atoms with van der Waals surface area (Å²) in [7, 11) is 0. The molecule has 0 atom stereocenters. The van der Waals surface area contributed by atoms with Crippen molar-refractivity contribution in [3.05, 3.63) is 27.5 Å². The van der Waals surface area contributed by atoms with Gasteiger partial charge in [-0.3, -0.25) is 4.79 Å². The fourth-order valence-corrected chi connectivity index (χ4v) is 1.56. The molecule has 0 unspecified atom stereocenters. The number of hydrogen-bond donors (Lipinski definition) is 0. The molecule has 0 fully saturated rings. The second-order valence-electron chi connectivity index (χ2n) is 3.09. The first kappa shape index (κ1) is 14.1. The summed E-state index contributed by atoms with van der Waals surface area (Å²) in [6.45, 7) is 1.85. The number of rotatable bonds is 4. The van der Waals surface area contributed by atoms with Gasteiger partial charge in [-0.15, -0.1) is 0 Å². The van der Waals surface area contributed by atoms with Crippen molar-refractivity contribution in [2.75, 3.05) is 6.61 Å². The summed E-state index contributed by atoms with van der Waals surface area (Å²) in [4.78, 5) is 14.6. The Bertz CT molecular complexity index is 427. The van der Waals surface area contributed by atoms with Crippen LogP contribution >= 0.6 is 23.2 Å². The molecule has 17 heavy (non-hydrogen) atoms. The third-order valence-electron chi connectivity index (χ3n) is 1.88. The van der Waals surface area contributed by atoms with Crippen molar-refractivity contribution in [2.45, 2.75) is 19.8 Å². The van der Waals surface area contributed by atoms with Gasteiger partial charge in [0.05, 0.1) is 18.1 Å². The van der Waals surface area contributed by atoms with E-state index in [-0.39, 0.29) is 28.8 Å². The molecule has 0 saturated carbocycles. The Balaban J connectivity index is 3.01. The first-order valence-corrected chi connectivity index (χ1v) is 5.49. The Morgan fingerprint density at radius 1 is 1.53 bits per heavy atom. The van der Waals surface area contributed by atoms with E-state index in [0.717, 1.165) is 6.07 Å². The molecule has 0 amide bonds. The molecule has 0 N–H and O–H groups in total. The van der Waals surface area contributed by atoms with Crippen molar-refractivity contribution in [2.24, 2.45) is 0 Å². The molecule has 1 rings (SSSR count). The van der Waals surface area contributed by atoms with Crippen LogP contribution in [0.4, 0.5) is 8.78 Å². The maximum Gasteiger partial charge on any atom is 0.310 e. The molecule has 94 valence electrons. The summed E-state index contributed by atoms with van der Waals surface area (Å²) in [5.41, 5.74) is -0.334. The highest BCUT2D eigenvalue weighted by Crippen LogP contribution is 2.29. The topological polar surface area (TPSA) is 39.2 Å². The number of pyridine rings is 1. The molecule has 3 nitrogen and oxygen atoms in total. The Labute approximate surface area is 107 Å². The highest BCUT2D eigenvalue weighted by atomic mass is 35.5. The van der Waals surface area contributed by atoms with Crippen LogP contribution in [-0.2, 0) is 16.0 Å². The van der Waals surface area contributed by atoms with Crippen LogP contribution in [0.2, 0.25) is 10.2 Å². The molecular formula is C10H9Cl2F2NO2. The zero-order valence-electron chi connectivity index (χ0n) is 8.84. The third kappa shape index (κ3) is 3.78. The molecule has 0 aliphatic heterocycles. The minimum absolute atomic E-state index is 0.0101. The van der Waals surface area contributed by atoms with Crippen LogP contribution in [0.25, 0.3) is 0 Å². The van der Waals surface area contributed by atoms with Gasteiger partial charge in [-0.05, 0) is 18.6 Å². The van der Waals surface area contributed by atoms with Crippen LogP contribution in [0.1, 0.15) is 24.6 Å². The molecule has 0 aliphatic carbocycles. The maximum absolute atomic E-state index is 12.5. The number of ether oxygens (including phenoxy) is 1. The van der Waals surface area contributed by atoms with Crippen molar-refractivity contribution in [1.29, 1.82) is 0 Å². The van der Waals surface area contributed by atoms with Crippen molar-refractivity contribution in [1.82, 2.24) is 4.98 Å². The highest BCUT2D eigenvalue weighted by molar-refractivity contribution is 6.41. The molecule has 0 bridgehead atoms. The molecule has 7 heteroatoms. The van der Waals surface area contributed by atoms with E-state index >= 15 is 0 Å². The van der Waals surface area contributed by atoms with Gasteiger partial charge in [0.2, 0.25) is 0 Å². The Morgan fingerprint density at radius 3 is 2.71 bits per heavy atom. The summed E-state index contributed by atoms with van der Waals surface area (Å²) in [5, 5.41) is -0.257. The van der Waals surface area contributed by atoms with Crippen LogP contribution < -0.4 is 0 Å². The molecule has 0 spiro atoms. The Kier molecular flexibility index (Phi) is 5.08. The number of nitrogens with zero attached hydrogens (tertiary/aromatic N) is 1. The fourth-order valence-electron chi connectivity index (χ4n) is 1.18. The number of carbonyl (C=O) groups excluding carboxylic acids is 1. The van der Waals surface area contributed by atoms with Gasteiger partial charge in [-0.25, -0.2) is 13.8 Å². The minimum Gasteiger partial charge on any atom is -0.466 e. The zero-order chi connectivity index (χ0) is 13.0. The van der Waals surface area contributed by atoms with E-state index in [1.54, 1.807) is 6.92 Å². The lowest BCUT2D eigenvalue weighted by Gasteiger charge is -2.08. The van der Waals surface area contributed by atoms with Gasteiger partial charge in [-0.2, -0.15) is 0 Å². The molecule has 1 aromatic heterocycles. The predicted octanol–water partition coefficient (Wildman–Crippen LogP) is 3.43. The average molecular weight is 284 g/mol. The normalized spacial score (nSPS) is 10.7. The van der Waals surface area contributed by atoms with Crippen LogP contribution in [0.3, 0.4) is 0 Å². The van der Waals surface area contributed by atoms with E-state index in [1.807, 2.05) is 0 Å². The van der Waals surface area contributed by atoms with Gasteiger partial charge in [0.1, 0.15) is 10.8 Å². The molecule has 0 saturated heterocycles. The molecule has 0 radical (unpaired) electrons. The van der Waals surface area contributed by atoms with Crippen molar-refractivity contribution >= 4 is 29.2 Å². The number of alkyl halides is 2. The summed E-state index contributed by atoms with van der Waals surface area (Å²) < 4.78 is 29.6. The van der Waals surface area contributed by atoms with E-state index in [2.05, 4.69) is 4.98 Å². The lowest BCUT2D eigenvalue weighted by atomic mass is 10.1. The third-order valence-corrected chi connectivity index (χ3v) is 2.67. The van der Waals surface area contributed by atoms with Gasteiger partial charge in [0.25, 0.3) is 6.43 Å². The zero-order valence-corrected chi connectivity index (χ0v) is 10.4. The second-order valence-corrected chi connectivity index (χ2v) is 3.83. The highest BCUT2D eigenvalue weighted by Gasteiger charge is 2.17. The van der Waals surface area contributed by atoms with E-state index in [4.69, 9.17) is 27.9 Å². The number of halogens is 4. The Morgan fingerprint density at radius 2 is 2.18 bits per heavy atom. The number of esters is 1. The van der Waals surface area contributed by atoms with Gasteiger partial charge >= 0.3 is 5.97 Å². The quantitative estimate of drug-likeness (QED) is 0.628. The number of hydrogen-bond acceptors (Lipinski definition) is 3. The average Bonchev–Trinajstić information content (AvgIpc) is 2.24. The first-order valence-electron chi connectivity index (χ1n) is 4.74. The predicted molar refractivity (Wildman–Crippen MR) is 59.6 cm³/mol. The van der Waals surface area contributed by atoms with Gasteiger partial charge < -0.3 is 4.74 Å². The number of carbonyl (C=O) groups is 1. The van der Waals surface area contributed by atoms with E-state index in [9.17, 15) is 13.6 Å². The molecule has 1 aromatic rings. The van der Waals surface area contributed by atoms with Crippen LogP contribution in [0, 0.1) is 0 Å². The monoisotopic (exact) mass is 283 g/mol. The van der Waals surface area contributed by atoms with Gasteiger partial charge in [0.15, 0.2) is 0 Å². The molecule has 0 aromatic carbocycles. The summed E-state index contributed by atoms with van der Waals surface area (Å²) in [5.74, 6) is -0.558. The fraction of sp³-hybridized carbons (Fsp3) is 0.400. The van der Waals surface area contributed by atoms with Crippen molar-refractivity contribution in [3.8, 4) is 0 Å². The van der Waals surface area contributed by atoms with Gasteiger partial charge in [-0.1, -0.05) is 23.2 Å². The van der Waals surface area contributed by atoms with Gasteiger partial charge in [0, 0.05) is 0 Å². The Hall–Kier alpha value is -0.940. The van der Waals surface area contributed by atoms with Crippen LogP contribution in [0.15, 0.2) is 6.07 Å². The van der Waals surface area contributed by atoms with Crippen molar-refractivity contribution < 1.29 is 18.3 Å².